The van der Waals surface area contributed by atoms with Crippen LogP contribution in [0, 0.1) is 6.92 Å². The number of nitrogens with one attached hydrogen (secondary N) is 1. The highest BCUT2D eigenvalue weighted by Crippen LogP contribution is 2.25. The molecular weight excluding hydrogens is 608 g/mol. The van der Waals surface area contributed by atoms with Gasteiger partial charge in [-0.1, -0.05) is 36.4 Å². The van der Waals surface area contributed by atoms with E-state index in [4.69, 9.17) is 4.74 Å². The minimum atomic E-state index is -4.33. The molecule has 4 aromatic rings. The number of ether oxygens (including phenoxy) is 1. The lowest BCUT2D eigenvalue weighted by atomic mass is 10.1. The molecule has 13 heteroatoms. The Labute approximate surface area is 267 Å². The topological polar surface area (TPSA) is 135 Å². The summed E-state index contributed by atoms with van der Waals surface area (Å²) in [4.78, 5) is 41.0. The van der Waals surface area contributed by atoms with Gasteiger partial charge in [0.15, 0.2) is 6.61 Å². The number of sulfonamides is 1. The lowest BCUT2D eigenvalue weighted by molar-refractivity contribution is -0.134. The number of amides is 2. The third-order valence-electron chi connectivity index (χ3n) is 7.75. The second-order valence-corrected chi connectivity index (χ2v) is 12.7. The Morgan fingerprint density at radius 2 is 1.57 bits per heavy atom. The van der Waals surface area contributed by atoms with Gasteiger partial charge in [0, 0.05) is 20.1 Å². The van der Waals surface area contributed by atoms with Crippen LogP contribution < -0.4 is 20.0 Å². The predicted molar refractivity (Wildman–Crippen MR) is 175 cm³/mol. The molecule has 0 radical (unpaired) electrons. The molecule has 0 atom stereocenters. The number of hydrogen-bond acceptors (Lipinski definition) is 7. The molecule has 0 saturated carbocycles. The average molecular weight is 645 g/mol. The SMILES string of the molecule is Cc1c(N(CC(=O)N/N=C\c2ccc(OCC(=O)N3CCCCC3)cc2)S(=O)(=O)c2ccccc2)c(=O)n(-c2ccccc2)n1C. The van der Waals surface area contributed by atoms with Gasteiger partial charge in [0.2, 0.25) is 0 Å². The van der Waals surface area contributed by atoms with Crippen LogP contribution in [0.4, 0.5) is 5.69 Å². The van der Waals surface area contributed by atoms with Crippen molar-refractivity contribution in [1.29, 1.82) is 0 Å². The second-order valence-electron chi connectivity index (χ2n) is 10.8. The van der Waals surface area contributed by atoms with E-state index in [0.29, 0.717) is 22.7 Å². The summed E-state index contributed by atoms with van der Waals surface area (Å²) in [6.07, 6.45) is 4.56. The summed E-state index contributed by atoms with van der Waals surface area (Å²) in [5, 5.41) is 3.99. The van der Waals surface area contributed by atoms with Crippen molar-refractivity contribution in [2.45, 2.75) is 31.1 Å². The fourth-order valence-corrected chi connectivity index (χ4v) is 6.71. The summed E-state index contributed by atoms with van der Waals surface area (Å²) in [7, 11) is -2.68. The fraction of sp³-hybridized carbons (Fsp3) is 0.273. The zero-order chi connectivity index (χ0) is 32.7. The lowest BCUT2D eigenvalue weighted by Crippen LogP contribution is -2.42. The first-order chi connectivity index (χ1) is 22.2. The number of benzene rings is 3. The molecule has 0 spiro atoms. The minimum absolute atomic E-state index is 0.0385. The van der Waals surface area contributed by atoms with Crippen LogP contribution in [0.5, 0.6) is 5.75 Å². The number of para-hydroxylation sites is 1. The van der Waals surface area contributed by atoms with Gasteiger partial charge in [0.25, 0.3) is 27.4 Å². The van der Waals surface area contributed by atoms with E-state index in [0.717, 1.165) is 36.7 Å². The van der Waals surface area contributed by atoms with Crippen molar-refractivity contribution in [3.8, 4) is 11.4 Å². The standard InChI is InChI=1S/C33H36N6O6S/c1-25-32(33(42)39(36(25)2)27-12-6-3-7-13-27)38(46(43,44)29-14-8-4-9-15-29)23-30(40)35-34-22-26-16-18-28(19-17-26)45-24-31(41)37-20-10-5-11-21-37/h3-4,6-9,12-19,22H,5,10-11,20-21,23-24H2,1-2H3,(H,35,40)/b34-22-. The van der Waals surface area contributed by atoms with Crippen LogP contribution in [0.15, 0.2) is 99.7 Å². The van der Waals surface area contributed by atoms with Crippen LogP contribution >= 0.6 is 0 Å². The van der Waals surface area contributed by atoms with E-state index in [1.54, 1.807) is 85.4 Å². The Balaban J connectivity index is 1.31. The number of aromatic nitrogens is 2. The number of carbonyl (C=O) groups is 2. The number of hydrazone groups is 1. The van der Waals surface area contributed by atoms with Crippen molar-refractivity contribution in [2.75, 3.05) is 30.5 Å². The van der Waals surface area contributed by atoms with Crippen LogP contribution in [-0.4, -0.2) is 67.0 Å². The van der Waals surface area contributed by atoms with Gasteiger partial charge in [-0.2, -0.15) is 5.10 Å². The van der Waals surface area contributed by atoms with Crippen molar-refractivity contribution in [1.82, 2.24) is 19.7 Å². The Hall–Kier alpha value is -5.17. The highest BCUT2D eigenvalue weighted by atomic mass is 32.2. The molecule has 0 unspecified atom stereocenters. The molecule has 3 aromatic carbocycles. The van der Waals surface area contributed by atoms with E-state index in [1.807, 2.05) is 11.0 Å². The molecule has 2 heterocycles. The highest BCUT2D eigenvalue weighted by Gasteiger charge is 2.33. The van der Waals surface area contributed by atoms with Gasteiger partial charge in [-0.3, -0.25) is 19.1 Å². The van der Waals surface area contributed by atoms with E-state index < -0.39 is 28.0 Å². The normalized spacial score (nSPS) is 13.5. The monoisotopic (exact) mass is 644 g/mol. The Bertz CT molecular complexity index is 1860. The van der Waals surface area contributed by atoms with E-state index in [-0.39, 0.29) is 23.1 Å². The summed E-state index contributed by atoms with van der Waals surface area (Å²) in [6.45, 7) is 2.41. The van der Waals surface area contributed by atoms with E-state index >= 15 is 0 Å². The zero-order valence-corrected chi connectivity index (χ0v) is 26.5. The van der Waals surface area contributed by atoms with E-state index in [2.05, 4.69) is 10.5 Å². The van der Waals surface area contributed by atoms with Crippen molar-refractivity contribution in [3.05, 3.63) is 107 Å². The van der Waals surface area contributed by atoms with Crippen molar-refractivity contribution >= 4 is 33.7 Å². The molecule has 1 fully saturated rings. The molecular formula is C33H36N6O6S. The van der Waals surface area contributed by atoms with Crippen LogP contribution in [0.3, 0.4) is 0 Å². The van der Waals surface area contributed by atoms with E-state index in [1.165, 1.54) is 23.0 Å². The average Bonchev–Trinajstić information content (AvgIpc) is 3.30. The Morgan fingerprint density at radius 1 is 0.935 bits per heavy atom. The molecule has 12 nitrogen and oxygen atoms in total. The van der Waals surface area contributed by atoms with Gasteiger partial charge >= 0.3 is 0 Å². The number of piperidine rings is 1. The van der Waals surface area contributed by atoms with Gasteiger partial charge in [-0.15, -0.1) is 0 Å². The highest BCUT2D eigenvalue weighted by molar-refractivity contribution is 7.92. The number of carbonyl (C=O) groups excluding carboxylic acids is 2. The van der Waals surface area contributed by atoms with Crippen molar-refractivity contribution < 1.29 is 22.7 Å². The Morgan fingerprint density at radius 3 is 2.22 bits per heavy atom. The summed E-state index contributed by atoms with van der Waals surface area (Å²) in [5.74, 6) is -0.269. The van der Waals surface area contributed by atoms with Gasteiger partial charge in [0.1, 0.15) is 18.0 Å². The molecule has 240 valence electrons. The Kier molecular flexibility index (Phi) is 10.0. The summed E-state index contributed by atoms with van der Waals surface area (Å²) in [6, 6.07) is 23.2. The van der Waals surface area contributed by atoms with Crippen LogP contribution in [0.25, 0.3) is 5.69 Å². The van der Waals surface area contributed by atoms with Crippen LogP contribution in [0.1, 0.15) is 30.5 Å². The molecule has 2 amide bonds. The maximum Gasteiger partial charge on any atom is 0.296 e. The molecule has 1 N–H and O–H groups in total. The molecule has 1 aromatic heterocycles. The molecule has 1 saturated heterocycles. The predicted octanol–water partition coefficient (Wildman–Crippen LogP) is 3.22. The molecule has 0 bridgehead atoms. The van der Waals surface area contributed by atoms with Gasteiger partial charge in [-0.05, 0) is 80.3 Å². The van der Waals surface area contributed by atoms with Gasteiger partial charge in [0.05, 0.1) is 22.5 Å². The molecule has 1 aliphatic heterocycles. The fourth-order valence-electron chi connectivity index (χ4n) is 5.22. The molecule has 0 aliphatic carbocycles. The first-order valence-corrected chi connectivity index (χ1v) is 16.3. The number of hydrogen-bond donors (Lipinski definition) is 1. The van der Waals surface area contributed by atoms with Gasteiger partial charge < -0.3 is 9.64 Å². The zero-order valence-electron chi connectivity index (χ0n) is 25.7. The number of anilines is 1. The maximum absolute atomic E-state index is 13.9. The van der Waals surface area contributed by atoms with Crippen molar-refractivity contribution in [2.24, 2.45) is 12.1 Å². The number of likely N-dealkylation sites (tertiary alicyclic amines) is 1. The number of nitrogens with zero attached hydrogens (tertiary/aromatic N) is 5. The second kappa shape index (κ2) is 14.3. The largest absolute Gasteiger partial charge is 0.484 e. The van der Waals surface area contributed by atoms with Crippen LogP contribution in [0.2, 0.25) is 0 Å². The summed E-state index contributed by atoms with van der Waals surface area (Å²) in [5.41, 5.74) is 3.15. The van der Waals surface area contributed by atoms with E-state index in [9.17, 15) is 22.8 Å². The molecule has 1 aliphatic rings. The quantitative estimate of drug-likeness (QED) is 0.197. The first-order valence-electron chi connectivity index (χ1n) is 14.9. The minimum Gasteiger partial charge on any atom is -0.484 e. The summed E-state index contributed by atoms with van der Waals surface area (Å²) >= 11 is 0. The third-order valence-corrected chi connectivity index (χ3v) is 9.51. The lowest BCUT2D eigenvalue weighted by Gasteiger charge is -2.26. The van der Waals surface area contributed by atoms with Gasteiger partial charge in [-0.25, -0.2) is 22.8 Å². The van der Waals surface area contributed by atoms with Crippen molar-refractivity contribution in [3.63, 3.8) is 0 Å². The van der Waals surface area contributed by atoms with Crippen LogP contribution in [-0.2, 0) is 26.7 Å². The summed E-state index contributed by atoms with van der Waals surface area (Å²) < 4.78 is 37.1. The first kappa shape index (κ1) is 32.2. The molecule has 5 rings (SSSR count). The maximum atomic E-state index is 13.9. The number of rotatable bonds is 11. The smallest absolute Gasteiger partial charge is 0.296 e. The third kappa shape index (κ3) is 7.20. The molecule has 46 heavy (non-hydrogen) atoms.